The number of carbonyl (C=O) groups excluding carboxylic acids is 1. The largest absolute Gasteiger partial charge is 0.350 e. The first kappa shape index (κ1) is 11.5. The van der Waals surface area contributed by atoms with Crippen molar-refractivity contribution in [3.8, 4) is 0 Å². The second-order valence-electron chi connectivity index (χ2n) is 4.48. The first-order valence-corrected chi connectivity index (χ1v) is 4.95. The zero-order valence-corrected chi connectivity index (χ0v) is 9.29. The molecule has 1 aliphatic heterocycles. The van der Waals surface area contributed by atoms with E-state index in [1.165, 1.54) is 6.92 Å². The van der Waals surface area contributed by atoms with Crippen LogP contribution in [0.5, 0.6) is 0 Å². The Labute approximate surface area is 85.0 Å². The average Bonchev–Trinajstić information content (AvgIpc) is 2.02. The number of hydrogen-bond donors (Lipinski definition) is 1. The lowest BCUT2D eigenvalue weighted by Crippen LogP contribution is -2.57. The summed E-state index contributed by atoms with van der Waals surface area (Å²) in [6, 6.07) is 0. The van der Waals surface area contributed by atoms with Gasteiger partial charge in [-0.2, -0.15) is 0 Å². The molecule has 1 aliphatic rings. The topological polar surface area (TPSA) is 47.6 Å². The van der Waals surface area contributed by atoms with E-state index in [4.69, 9.17) is 9.47 Å². The molecule has 14 heavy (non-hydrogen) atoms. The molecule has 4 nitrogen and oxygen atoms in total. The highest BCUT2D eigenvalue weighted by molar-refractivity contribution is 5.73. The first-order valence-electron chi connectivity index (χ1n) is 4.95. The molecule has 0 radical (unpaired) electrons. The lowest BCUT2D eigenvalue weighted by molar-refractivity contribution is -0.227. The predicted molar refractivity (Wildman–Crippen MR) is 52.8 cm³/mol. The zero-order chi connectivity index (χ0) is 10.8. The van der Waals surface area contributed by atoms with Gasteiger partial charge >= 0.3 is 0 Å². The molecule has 1 amide bonds. The van der Waals surface area contributed by atoms with Gasteiger partial charge in [0.2, 0.25) is 5.91 Å². The number of ether oxygens (including phenoxy) is 2. The maximum absolute atomic E-state index is 10.9. The summed E-state index contributed by atoms with van der Waals surface area (Å²) >= 11 is 0. The molecule has 1 saturated heterocycles. The van der Waals surface area contributed by atoms with Crippen LogP contribution < -0.4 is 5.32 Å². The maximum Gasteiger partial charge on any atom is 0.217 e. The molecule has 1 N–H and O–H groups in total. The van der Waals surface area contributed by atoms with Gasteiger partial charge in [0.25, 0.3) is 0 Å². The van der Waals surface area contributed by atoms with E-state index in [0.29, 0.717) is 19.1 Å². The van der Waals surface area contributed by atoms with Crippen molar-refractivity contribution in [1.29, 1.82) is 0 Å². The minimum absolute atomic E-state index is 0.0531. The molecule has 1 heterocycles. The maximum atomic E-state index is 10.9. The predicted octanol–water partition coefficient (Wildman–Crippen LogP) is 0.910. The number of carbonyl (C=O) groups is 1. The van der Waals surface area contributed by atoms with Crippen LogP contribution in [0.25, 0.3) is 0 Å². The molecule has 0 aliphatic carbocycles. The van der Waals surface area contributed by atoms with Crippen LogP contribution in [0.15, 0.2) is 0 Å². The van der Waals surface area contributed by atoms with Crippen molar-refractivity contribution in [1.82, 2.24) is 5.32 Å². The molecule has 0 spiro atoms. The standard InChI is InChI=1S/C10H19NO3/c1-7(2)9-13-5-10(4,6-14-9)11-8(3)12/h7,9H,5-6H2,1-4H3,(H,11,12). The number of hydrogen-bond acceptors (Lipinski definition) is 3. The van der Waals surface area contributed by atoms with E-state index >= 15 is 0 Å². The Bertz CT molecular complexity index is 207. The normalized spacial score (nSPS) is 33.1. The summed E-state index contributed by atoms with van der Waals surface area (Å²) in [7, 11) is 0. The summed E-state index contributed by atoms with van der Waals surface area (Å²) in [5.74, 6) is 0.291. The number of amides is 1. The molecular formula is C10H19NO3. The summed E-state index contributed by atoms with van der Waals surface area (Å²) in [6.07, 6.45) is -0.142. The Kier molecular flexibility index (Phi) is 3.50. The second-order valence-corrected chi connectivity index (χ2v) is 4.48. The summed E-state index contributed by atoms with van der Waals surface area (Å²) < 4.78 is 11.0. The molecule has 0 aromatic heterocycles. The minimum Gasteiger partial charge on any atom is -0.350 e. The molecule has 0 bridgehead atoms. The van der Waals surface area contributed by atoms with Crippen LogP contribution in [0.1, 0.15) is 27.7 Å². The fraction of sp³-hybridized carbons (Fsp3) is 0.900. The molecule has 0 aromatic carbocycles. The van der Waals surface area contributed by atoms with Crippen LogP contribution >= 0.6 is 0 Å². The number of rotatable bonds is 2. The van der Waals surface area contributed by atoms with Crippen molar-refractivity contribution in [3.05, 3.63) is 0 Å². The van der Waals surface area contributed by atoms with Gasteiger partial charge in [-0.1, -0.05) is 13.8 Å². The van der Waals surface area contributed by atoms with Gasteiger partial charge in [0, 0.05) is 12.8 Å². The van der Waals surface area contributed by atoms with Crippen molar-refractivity contribution >= 4 is 5.91 Å². The third kappa shape index (κ3) is 2.96. The molecule has 0 unspecified atom stereocenters. The molecular weight excluding hydrogens is 182 g/mol. The molecule has 0 atom stereocenters. The van der Waals surface area contributed by atoms with Crippen molar-refractivity contribution in [3.63, 3.8) is 0 Å². The van der Waals surface area contributed by atoms with Gasteiger partial charge in [-0.15, -0.1) is 0 Å². The summed E-state index contributed by atoms with van der Waals surface area (Å²) in [6.45, 7) is 8.53. The molecule has 1 rings (SSSR count). The van der Waals surface area contributed by atoms with Crippen molar-refractivity contribution < 1.29 is 14.3 Å². The summed E-state index contributed by atoms with van der Waals surface area (Å²) in [4.78, 5) is 10.9. The van der Waals surface area contributed by atoms with Crippen LogP contribution in [0.4, 0.5) is 0 Å². The van der Waals surface area contributed by atoms with Gasteiger partial charge in [0.1, 0.15) is 0 Å². The fourth-order valence-corrected chi connectivity index (χ4v) is 1.50. The highest BCUT2D eigenvalue weighted by Gasteiger charge is 2.34. The highest BCUT2D eigenvalue weighted by atomic mass is 16.7. The van der Waals surface area contributed by atoms with E-state index in [1.807, 2.05) is 20.8 Å². The monoisotopic (exact) mass is 201 g/mol. The van der Waals surface area contributed by atoms with E-state index in [9.17, 15) is 4.79 Å². The third-order valence-electron chi connectivity index (χ3n) is 2.15. The Morgan fingerprint density at radius 2 is 1.93 bits per heavy atom. The quantitative estimate of drug-likeness (QED) is 0.722. The second kappa shape index (κ2) is 4.28. The molecule has 1 fully saturated rings. The Hall–Kier alpha value is -0.610. The van der Waals surface area contributed by atoms with Crippen LogP contribution in [0.2, 0.25) is 0 Å². The molecule has 0 aromatic rings. The van der Waals surface area contributed by atoms with E-state index in [-0.39, 0.29) is 17.7 Å². The van der Waals surface area contributed by atoms with Gasteiger partial charge in [0.15, 0.2) is 6.29 Å². The Morgan fingerprint density at radius 3 is 2.29 bits per heavy atom. The van der Waals surface area contributed by atoms with E-state index in [2.05, 4.69) is 5.32 Å². The van der Waals surface area contributed by atoms with Crippen LogP contribution in [0.3, 0.4) is 0 Å². The van der Waals surface area contributed by atoms with Gasteiger partial charge in [-0.3, -0.25) is 4.79 Å². The molecule has 0 saturated carbocycles. The lowest BCUT2D eigenvalue weighted by Gasteiger charge is -2.38. The average molecular weight is 201 g/mol. The molecule has 82 valence electrons. The summed E-state index contributed by atoms with van der Waals surface area (Å²) in [5.41, 5.74) is -0.378. The van der Waals surface area contributed by atoms with Gasteiger partial charge in [-0.05, 0) is 6.92 Å². The van der Waals surface area contributed by atoms with E-state index in [1.54, 1.807) is 0 Å². The van der Waals surface area contributed by atoms with E-state index < -0.39 is 0 Å². The minimum atomic E-state index is -0.378. The van der Waals surface area contributed by atoms with Crippen molar-refractivity contribution in [2.45, 2.75) is 39.5 Å². The third-order valence-corrected chi connectivity index (χ3v) is 2.15. The molecule has 4 heteroatoms. The Balaban J connectivity index is 2.44. The van der Waals surface area contributed by atoms with Crippen LogP contribution in [-0.4, -0.2) is 30.9 Å². The van der Waals surface area contributed by atoms with E-state index in [0.717, 1.165) is 0 Å². The van der Waals surface area contributed by atoms with Crippen LogP contribution in [-0.2, 0) is 14.3 Å². The first-order chi connectivity index (χ1) is 6.43. The van der Waals surface area contributed by atoms with Gasteiger partial charge in [-0.25, -0.2) is 0 Å². The van der Waals surface area contributed by atoms with Crippen LogP contribution in [0, 0.1) is 5.92 Å². The Morgan fingerprint density at radius 1 is 1.43 bits per heavy atom. The smallest absolute Gasteiger partial charge is 0.217 e. The van der Waals surface area contributed by atoms with Gasteiger partial charge < -0.3 is 14.8 Å². The number of nitrogens with one attached hydrogen (secondary N) is 1. The highest BCUT2D eigenvalue weighted by Crippen LogP contribution is 2.19. The lowest BCUT2D eigenvalue weighted by atomic mass is 10.0. The summed E-state index contributed by atoms with van der Waals surface area (Å²) in [5, 5.41) is 2.83. The van der Waals surface area contributed by atoms with Crippen molar-refractivity contribution in [2.24, 2.45) is 5.92 Å². The SMILES string of the molecule is CC(=O)NC1(C)COC(C(C)C)OC1. The van der Waals surface area contributed by atoms with Gasteiger partial charge in [0.05, 0.1) is 18.8 Å². The zero-order valence-electron chi connectivity index (χ0n) is 9.29. The van der Waals surface area contributed by atoms with Crippen molar-refractivity contribution in [2.75, 3.05) is 13.2 Å². The fourth-order valence-electron chi connectivity index (χ4n) is 1.50.